The second kappa shape index (κ2) is 5.88. The molecule has 0 saturated carbocycles. The Morgan fingerprint density at radius 2 is 2.05 bits per heavy atom. The maximum absolute atomic E-state index is 11.9. The summed E-state index contributed by atoms with van der Waals surface area (Å²) < 4.78 is 11.0. The molecule has 0 fully saturated rings. The van der Waals surface area contributed by atoms with Crippen molar-refractivity contribution in [1.82, 2.24) is 4.57 Å². The number of ether oxygens (including phenoxy) is 2. The molecule has 19 heavy (non-hydrogen) atoms. The molecule has 1 aromatic heterocycles. The number of hydrogen-bond donors (Lipinski definition) is 1. The maximum Gasteiger partial charge on any atom is 0.418 e. The molecule has 1 N–H and O–H groups in total. The molecular formula is C13H19NO5. The Hall–Kier alpha value is -1.82. The monoisotopic (exact) mass is 269 g/mol. The van der Waals surface area contributed by atoms with E-state index in [-0.39, 0.29) is 12.3 Å². The Labute approximate surface area is 111 Å². The molecule has 1 heterocycles. The van der Waals surface area contributed by atoms with Gasteiger partial charge in [0, 0.05) is 6.20 Å². The third-order valence-corrected chi connectivity index (χ3v) is 2.16. The van der Waals surface area contributed by atoms with Gasteiger partial charge in [0.2, 0.25) is 0 Å². The van der Waals surface area contributed by atoms with Gasteiger partial charge in [0.1, 0.15) is 5.60 Å². The van der Waals surface area contributed by atoms with Crippen LogP contribution in [0.15, 0.2) is 18.3 Å². The standard InChI is InChI=1S/C13H19NO5/c1-5-18-11(16)10(15)9-7-6-8-14(9)12(17)19-13(2,3)4/h6-8,10,15H,5H2,1-4H3/t10-/m1/s1. The molecule has 1 rings (SSSR count). The summed E-state index contributed by atoms with van der Waals surface area (Å²) in [6, 6.07) is 3.01. The average Bonchev–Trinajstić information content (AvgIpc) is 2.74. The van der Waals surface area contributed by atoms with Gasteiger partial charge in [0.05, 0.1) is 12.3 Å². The molecule has 6 nitrogen and oxygen atoms in total. The van der Waals surface area contributed by atoms with Crippen LogP contribution in [0.3, 0.4) is 0 Å². The second-order valence-electron chi connectivity index (χ2n) is 4.94. The predicted octanol–water partition coefficient (Wildman–Crippen LogP) is 1.87. The fourth-order valence-electron chi connectivity index (χ4n) is 1.44. The van der Waals surface area contributed by atoms with E-state index in [0.717, 1.165) is 4.57 Å². The van der Waals surface area contributed by atoms with Crippen molar-refractivity contribution in [2.75, 3.05) is 6.61 Å². The van der Waals surface area contributed by atoms with Gasteiger partial charge in [-0.05, 0) is 39.8 Å². The fraction of sp³-hybridized carbons (Fsp3) is 0.538. The van der Waals surface area contributed by atoms with Crippen molar-refractivity contribution >= 4 is 12.1 Å². The predicted molar refractivity (Wildman–Crippen MR) is 67.7 cm³/mol. The highest BCUT2D eigenvalue weighted by Crippen LogP contribution is 2.18. The summed E-state index contributed by atoms with van der Waals surface area (Å²) in [6.45, 7) is 6.99. The van der Waals surface area contributed by atoms with E-state index in [1.807, 2.05) is 0 Å². The summed E-state index contributed by atoms with van der Waals surface area (Å²) in [6.07, 6.45) is -0.746. The molecule has 6 heteroatoms. The molecule has 0 aromatic carbocycles. The molecule has 0 aliphatic carbocycles. The van der Waals surface area contributed by atoms with E-state index in [0.29, 0.717) is 0 Å². The molecular weight excluding hydrogens is 250 g/mol. The Balaban J connectivity index is 2.91. The molecule has 0 aliphatic rings. The highest BCUT2D eigenvalue weighted by Gasteiger charge is 2.26. The number of aliphatic hydroxyl groups is 1. The van der Waals surface area contributed by atoms with Crippen LogP contribution in [0.1, 0.15) is 39.5 Å². The lowest BCUT2D eigenvalue weighted by Crippen LogP contribution is -2.29. The van der Waals surface area contributed by atoms with E-state index in [9.17, 15) is 14.7 Å². The van der Waals surface area contributed by atoms with Gasteiger partial charge in [-0.2, -0.15) is 0 Å². The third kappa shape index (κ3) is 4.10. The van der Waals surface area contributed by atoms with E-state index in [2.05, 4.69) is 0 Å². The number of carbonyl (C=O) groups excluding carboxylic acids is 2. The molecule has 1 atom stereocenters. The Morgan fingerprint density at radius 1 is 1.42 bits per heavy atom. The maximum atomic E-state index is 11.9. The number of carbonyl (C=O) groups is 2. The van der Waals surface area contributed by atoms with Crippen LogP contribution in [0, 0.1) is 0 Å². The molecule has 0 unspecified atom stereocenters. The lowest BCUT2D eigenvalue weighted by Gasteiger charge is -2.21. The van der Waals surface area contributed by atoms with Gasteiger partial charge in [0.15, 0.2) is 6.10 Å². The Kier molecular flexibility index (Phi) is 4.72. The van der Waals surface area contributed by atoms with E-state index in [4.69, 9.17) is 9.47 Å². The summed E-state index contributed by atoms with van der Waals surface area (Å²) in [5.74, 6) is -0.800. The number of nitrogens with zero attached hydrogens (tertiary/aromatic N) is 1. The zero-order valence-electron chi connectivity index (χ0n) is 11.5. The summed E-state index contributed by atoms with van der Waals surface area (Å²) >= 11 is 0. The Morgan fingerprint density at radius 3 is 2.58 bits per heavy atom. The van der Waals surface area contributed by atoms with Gasteiger partial charge in [-0.15, -0.1) is 0 Å². The van der Waals surface area contributed by atoms with Gasteiger partial charge in [-0.3, -0.25) is 4.57 Å². The first-order valence-electron chi connectivity index (χ1n) is 6.01. The molecule has 0 aliphatic heterocycles. The number of esters is 1. The number of aromatic nitrogens is 1. The summed E-state index contributed by atoms with van der Waals surface area (Å²) in [7, 11) is 0. The first-order chi connectivity index (χ1) is 8.76. The van der Waals surface area contributed by atoms with Crippen molar-refractivity contribution < 1.29 is 24.2 Å². The van der Waals surface area contributed by atoms with Crippen LogP contribution >= 0.6 is 0 Å². The topological polar surface area (TPSA) is 77.8 Å². The quantitative estimate of drug-likeness (QED) is 0.847. The second-order valence-corrected chi connectivity index (χ2v) is 4.94. The molecule has 0 saturated heterocycles. The van der Waals surface area contributed by atoms with Crippen molar-refractivity contribution in [1.29, 1.82) is 0 Å². The minimum atomic E-state index is -1.51. The van der Waals surface area contributed by atoms with Crippen LogP contribution in [0.5, 0.6) is 0 Å². The smallest absolute Gasteiger partial charge is 0.418 e. The van der Waals surface area contributed by atoms with Crippen LogP contribution in [0.2, 0.25) is 0 Å². The van der Waals surface area contributed by atoms with Gasteiger partial charge in [0.25, 0.3) is 0 Å². The number of rotatable bonds is 3. The lowest BCUT2D eigenvalue weighted by atomic mass is 10.2. The van der Waals surface area contributed by atoms with Crippen molar-refractivity contribution in [3.05, 3.63) is 24.0 Å². The normalized spacial score (nSPS) is 12.9. The zero-order chi connectivity index (χ0) is 14.6. The first-order valence-corrected chi connectivity index (χ1v) is 6.01. The molecule has 0 amide bonds. The minimum absolute atomic E-state index is 0.118. The molecule has 0 radical (unpaired) electrons. The lowest BCUT2D eigenvalue weighted by molar-refractivity contribution is -0.153. The zero-order valence-corrected chi connectivity index (χ0v) is 11.5. The van der Waals surface area contributed by atoms with E-state index in [1.165, 1.54) is 12.3 Å². The van der Waals surface area contributed by atoms with E-state index in [1.54, 1.807) is 33.8 Å². The van der Waals surface area contributed by atoms with Crippen LogP contribution in [0.25, 0.3) is 0 Å². The van der Waals surface area contributed by atoms with Crippen molar-refractivity contribution in [3.63, 3.8) is 0 Å². The van der Waals surface area contributed by atoms with Gasteiger partial charge >= 0.3 is 12.1 Å². The highest BCUT2D eigenvalue weighted by atomic mass is 16.6. The van der Waals surface area contributed by atoms with Crippen LogP contribution in [-0.4, -0.2) is 33.9 Å². The van der Waals surface area contributed by atoms with E-state index >= 15 is 0 Å². The summed E-state index contributed by atoms with van der Waals surface area (Å²) in [4.78, 5) is 23.4. The van der Waals surface area contributed by atoms with Crippen LogP contribution in [-0.2, 0) is 14.3 Å². The SMILES string of the molecule is CCOC(=O)[C@H](O)c1cccn1C(=O)OC(C)(C)C. The highest BCUT2D eigenvalue weighted by molar-refractivity contribution is 5.79. The van der Waals surface area contributed by atoms with Crippen molar-refractivity contribution in [2.24, 2.45) is 0 Å². The summed E-state index contributed by atoms with van der Waals surface area (Å²) in [5.41, 5.74) is -0.541. The molecule has 0 spiro atoms. The van der Waals surface area contributed by atoms with Crippen molar-refractivity contribution in [3.8, 4) is 0 Å². The van der Waals surface area contributed by atoms with Crippen LogP contribution < -0.4 is 0 Å². The number of aliphatic hydroxyl groups excluding tert-OH is 1. The van der Waals surface area contributed by atoms with Gasteiger partial charge in [-0.1, -0.05) is 0 Å². The average molecular weight is 269 g/mol. The molecule has 0 bridgehead atoms. The third-order valence-electron chi connectivity index (χ3n) is 2.16. The van der Waals surface area contributed by atoms with Crippen molar-refractivity contribution in [2.45, 2.75) is 39.4 Å². The Bertz CT molecular complexity index is 458. The largest absolute Gasteiger partial charge is 0.464 e. The fourth-order valence-corrected chi connectivity index (χ4v) is 1.44. The van der Waals surface area contributed by atoms with E-state index < -0.39 is 23.8 Å². The van der Waals surface area contributed by atoms with Gasteiger partial charge in [-0.25, -0.2) is 9.59 Å². The first kappa shape index (κ1) is 15.2. The molecule has 1 aromatic rings. The van der Waals surface area contributed by atoms with Crippen LogP contribution in [0.4, 0.5) is 4.79 Å². The molecule has 106 valence electrons. The number of hydrogen-bond acceptors (Lipinski definition) is 5. The summed E-state index contributed by atoms with van der Waals surface area (Å²) in [5, 5.41) is 9.83. The minimum Gasteiger partial charge on any atom is -0.464 e. The van der Waals surface area contributed by atoms with Gasteiger partial charge < -0.3 is 14.6 Å².